The molecule has 1 atom stereocenters. The van der Waals surface area contributed by atoms with E-state index in [1.165, 1.54) is 6.33 Å². The lowest BCUT2D eigenvalue weighted by atomic mass is 10.0. The van der Waals surface area contributed by atoms with Crippen LogP contribution in [0.3, 0.4) is 0 Å². The van der Waals surface area contributed by atoms with Gasteiger partial charge >= 0.3 is 0 Å². The van der Waals surface area contributed by atoms with Crippen LogP contribution in [0.15, 0.2) is 6.33 Å². The van der Waals surface area contributed by atoms with E-state index in [1.807, 2.05) is 13.8 Å². The molecule has 0 saturated carbocycles. The van der Waals surface area contributed by atoms with Crippen molar-refractivity contribution in [2.45, 2.75) is 33.6 Å². The van der Waals surface area contributed by atoms with Gasteiger partial charge in [0.15, 0.2) is 0 Å². The van der Waals surface area contributed by atoms with Crippen LogP contribution in [0.1, 0.15) is 39.2 Å². The van der Waals surface area contributed by atoms with E-state index in [0.29, 0.717) is 11.7 Å². The van der Waals surface area contributed by atoms with Gasteiger partial charge in [0.2, 0.25) is 0 Å². The zero-order valence-electron chi connectivity index (χ0n) is 11.3. The lowest BCUT2D eigenvalue weighted by Gasteiger charge is -2.26. The van der Waals surface area contributed by atoms with Crippen molar-refractivity contribution < 1.29 is 0 Å². The molecular weight excluding hydrogens is 248 g/mol. The Balaban J connectivity index is 3.13. The normalized spacial score (nSPS) is 12.3. The summed E-state index contributed by atoms with van der Waals surface area (Å²) in [7, 11) is 0. The van der Waals surface area contributed by atoms with Crippen LogP contribution in [0.4, 0.5) is 5.82 Å². The summed E-state index contributed by atoms with van der Waals surface area (Å²) in [5.41, 5.74) is 0.950. The molecule has 1 aromatic heterocycles. The van der Waals surface area contributed by atoms with E-state index in [4.69, 9.17) is 16.9 Å². The molecule has 18 heavy (non-hydrogen) atoms. The average molecular weight is 267 g/mol. The lowest BCUT2D eigenvalue weighted by Crippen LogP contribution is -2.30. The Hall–Kier alpha value is -1.34. The molecule has 1 rings (SSSR count). The summed E-state index contributed by atoms with van der Waals surface area (Å²) < 4.78 is 0. The van der Waals surface area contributed by atoms with Gasteiger partial charge in [-0.1, -0.05) is 25.4 Å². The number of rotatable bonds is 5. The summed E-state index contributed by atoms with van der Waals surface area (Å²) in [4.78, 5) is 10.5. The number of anilines is 1. The van der Waals surface area contributed by atoms with Gasteiger partial charge in [0, 0.05) is 18.7 Å². The number of nitriles is 1. The maximum absolute atomic E-state index is 8.92. The van der Waals surface area contributed by atoms with Crippen molar-refractivity contribution in [3.05, 3.63) is 17.0 Å². The van der Waals surface area contributed by atoms with E-state index in [2.05, 4.69) is 34.8 Å². The number of hydrogen-bond donors (Lipinski definition) is 0. The zero-order chi connectivity index (χ0) is 13.7. The van der Waals surface area contributed by atoms with Gasteiger partial charge in [-0.05, 0) is 19.8 Å². The van der Waals surface area contributed by atoms with Crippen molar-refractivity contribution in [1.82, 2.24) is 9.97 Å². The Morgan fingerprint density at radius 3 is 2.56 bits per heavy atom. The van der Waals surface area contributed by atoms with E-state index in [0.717, 1.165) is 17.9 Å². The second-order valence-corrected chi connectivity index (χ2v) is 4.98. The van der Waals surface area contributed by atoms with Crippen LogP contribution in [0.25, 0.3) is 0 Å². The number of aromatic nitrogens is 2. The van der Waals surface area contributed by atoms with Gasteiger partial charge < -0.3 is 4.90 Å². The molecule has 0 aliphatic rings. The van der Waals surface area contributed by atoms with Gasteiger partial charge in [-0.25, -0.2) is 9.97 Å². The third-order valence-electron chi connectivity index (χ3n) is 2.79. The second-order valence-electron chi connectivity index (χ2n) is 4.63. The molecular formula is C13H19ClN4. The minimum Gasteiger partial charge on any atom is -0.355 e. The first-order valence-electron chi connectivity index (χ1n) is 6.16. The highest BCUT2D eigenvalue weighted by molar-refractivity contribution is 6.30. The molecule has 1 aromatic rings. The Labute approximate surface area is 114 Å². The van der Waals surface area contributed by atoms with Gasteiger partial charge in [0.05, 0.1) is 12.0 Å². The number of hydrogen-bond acceptors (Lipinski definition) is 4. The standard InChI is InChI=1S/C13H19ClN4/c1-5-18(7-10(4)6-15)13-11(9(2)3)12(14)16-8-17-13/h8-10H,5,7H2,1-4H3. The summed E-state index contributed by atoms with van der Waals surface area (Å²) in [5.74, 6) is 1.05. The van der Waals surface area contributed by atoms with Crippen molar-refractivity contribution in [3.63, 3.8) is 0 Å². The molecule has 0 spiro atoms. The second kappa shape index (κ2) is 6.55. The van der Waals surface area contributed by atoms with Crippen LogP contribution in [0, 0.1) is 17.2 Å². The molecule has 0 aliphatic heterocycles. The van der Waals surface area contributed by atoms with E-state index in [9.17, 15) is 0 Å². The van der Waals surface area contributed by atoms with Crippen molar-refractivity contribution in [1.29, 1.82) is 5.26 Å². The van der Waals surface area contributed by atoms with Gasteiger partial charge in [-0.2, -0.15) is 5.26 Å². The van der Waals surface area contributed by atoms with Gasteiger partial charge in [-0.3, -0.25) is 0 Å². The monoisotopic (exact) mass is 266 g/mol. The quantitative estimate of drug-likeness (QED) is 0.768. The molecule has 0 amide bonds. The summed E-state index contributed by atoms with van der Waals surface area (Å²) in [6.07, 6.45) is 1.48. The van der Waals surface area contributed by atoms with Crippen molar-refractivity contribution in [2.24, 2.45) is 5.92 Å². The highest BCUT2D eigenvalue weighted by atomic mass is 35.5. The molecule has 98 valence electrons. The summed E-state index contributed by atoms with van der Waals surface area (Å²) in [6.45, 7) is 9.52. The van der Waals surface area contributed by atoms with Crippen LogP contribution >= 0.6 is 11.6 Å². The lowest BCUT2D eigenvalue weighted by molar-refractivity contribution is 0.670. The van der Waals surface area contributed by atoms with E-state index < -0.39 is 0 Å². The largest absolute Gasteiger partial charge is 0.355 e. The van der Waals surface area contributed by atoms with Crippen molar-refractivity contribution >= 4 is 17.4 Å². The average Bonchev–Trinajstić information content (AvgIpc) is 2.34. The molecule has 1 heterocycles. The fourth-order valence-corrected chi connectivity index (χ4v) is 2.20. The highest BCUT2D eigenvalue weighted by Crippen LogP contribution is 2.30. The van der Waals surface area contributed by atoms with Crippen LogP contribution in [-0.2, 0) is 0 Å². The molecule has 0 aliphatic carbocycles. The predicted octanol–water partition coefficient (Wildman–Crippen LogP) is 3.24. The predicted molar refractivity (Wildman–Crippen MR) is 73.8 cm³/mol. The van der Waals surface area contributed by atoms with E-state index in [-0.39, 0.29) is 11.8 Å². The van der Waals surface area contributed by atoms with Gasteiger partial charge in [0.1, 0.15) is 17.3 Å². The zero-order valence-corrected chi connectivity index (χ0v) is 12.1. The minimum atomic E-state index is -0.0429. The van der Waals surface area contributed by atoms with Crippen molar-refractivity contribution in [3.8, 4) is 6.07 Å². The van der Waals surface area contributed by atoms with E-state index >= 15 is 0 Å². The first kappa shape index (κ1) is 14.7. The molecule has 0 N–H and O–H groups in total. The molecule has 1 unspecified atom stereocenters. The molecule has 4 nitrogen and oxygen atoms in total. The van der Waals surface area contributed by atoms with Crippen LogP contribution in [0.2, 0.25) is 5.15 Å². The Bertz CT molecular complexity index is 439. The maximum Gasteiger partial charge on any atom is 0.138 e. The van der Waals surface area contributed by atoms with Gasteiger partial charge in [-0.15, -0.1) is 0 Å². The fourth-order valence-electron chi connectivity index (χ4n) is 1.85. The number of nitrogens with zero attached hydrogens (tertiary/aromatic N) is 4. The summed E-state index contributed by atoms with van der Waals surface area (Å²) in [5, 5.41) is 9.42. The van der Waals surface area contributed by atoms with E-state index in [1.54, 1.807) is 0 Å². The molecule has 0 saturated heterocycles. The smallest absolute Gasteiger partial charge is 0.138 e. The fraction of sp³-hybridized carbons (Fsp3) is 0.615. The van der Waals surface area contributed by atoms with Crippen molar-refractivity contribution in [2.75, 3.05) is 18.0 Å². The highest BCUT2D eigenvalue weighted by Gasteiger charge is 2.19. The Morgan fingerprint density at radius 2 is 2.06 bits per heavy atom. The summed E-state index contributed by atoms with van der Waals surface area (Å²) in [6, 6.07) is 2.24. The third kappa shape index (κ3) is 3.33. The first-order chi connectivity index (χ1) is 8.51. The molecule has 0 aromatic carbocycles. The third-order valence-corrected chi connectivity index (χ3v) is 3.09. The summed E-state index contributed by atoms with van der Waals surface area (Å²) >= 11 is 6.15. The molecule has 0 fully saturated rings. The molecule has 5 heteroatoms. The first-order valence-corrected chi connectivity index (χ1v) is 6.53. The van der Waals surface area contributed by atoms with Crippen LogP contribution < -0.4 is 4.90 Å². The van der Waals surface area contributed by atoms with Crippen LogP contribution in [-0.4, -0.2) is 23.1 Å². The molecule has 0 bridgehead atoms. The Morgan fingerprint density at radius 1 is 1.39 bits per heavy atom. The Kier molecular flexibility index (Phi) is 5.36. The minimum absolute atomic E-state index is 0.0429. The van der Waals surface area contributed by atoms with Gasteiger partial charge in [0.25, 0.3) is 0 Å². The molecule has 0 radical (unpaired) electrons. The van der Waals surface area contributed by atoms with Crippen LogP contribution in [0.5, 0.6) is 0 Å². The number of halogens is 1. The SMILES string of the molecule is CCN(CC(C)C#N)c1ncnc(Cl)c1C(C)C. The maximum atomic E-state index is 8.92. The topological polar surface area (TPSA) is 52.8 Å².